The number of ether oxygens (including phenoxy) is 2. The standard InChI is InChI=1S/C12H18N2O2S/c1-3-16-11-6-4-10(5-7-11)14-12(17)13-8-9-15-2/h4-7H,3,8-9H2,1-2H3,(H2,13,14,17). The van der Waals surface area contributed by atoms with E-state index in [4.69, 9.17) is 21.7 Å². The maximum atomic E-state index is 5.35. The molecule has 1 rings (SSSR count). The normalized spacial score (nSPS) is 9.76. The number of rotatable bonds is 6. The molecule has 5 heteroatoms. The molecule has 4 nitrogen and oxygen atoms in total. The van der Waals surface area contributed by atoms with Crippen LogP contribution in [0.15, 0.2) is 24.3 Å². The van der Waals surface area contributed by atoms with E-state index < -0.39 is 0 Å². The molecule has 0 aliphatic rings. The van der Waals surface area contributed by atoms with E-state index in [9.17, 15) is 0 Å². The lowest BCUT2D eigenvalue weighted by Crippen LogP contribution is -2.31. The lowest BCUT2D eigenvalue weighted by atomic mass is 10.3. The maximum absolute atomic E-state index is 5.35. The molecule has 0 spiro atoms. The van der Waals surface area contributed by atoms with E-state index in [0.29, 0.717) is 24.9 Å². The molecule has 17 heavy (non-hydrogen) atoms. The van der Waals surface area contributed by atoms with Crippen molar-refractivity contribution in [1.29, 1.82) is 0 Å². The lowest BCUT2D eigenvalue weighted by Gasteiger charge is -2.10. The Morgan fingerprint density at radius 3 is 2.59 bits per heavy atom. The van der Waals surface area contributed by atoms with E-state index in [-0.39, 0.29) is 0 Å². The third-order valence-electron chi connectivity index (χ3n) is 2.01. The van der Waals surface area contributed by atoms with Gasteiger partial charge < -0.3 is 20.1 Å². The first kappa shape index (κ1) is 13.7. The Bertz CT molecular complexity index is 341. The van der Waals surface area contributed by atoms with Gasteiger partial charge in [-0.15, -0.1) is 0 Å². The van der Waals surface area contributed by atoms with Gasteiger partial charge in [0.2, 0.25) is 0 Å². The molecule has 0 aromatic heterocycles. The molecule has 1 aromatic carbocycles. The fourth-order valence-electron chi connectivity index (χ4n) is 1.24. The largest absolute Gasteiger partial charge is 0.494 e. The molecule has 0 unspecified atom stereocenters. The Labute approximate surface area is 107 Å². The summed E-state index contributed by atoms with van der Waals surface area (Å²) in [6, 6.07) is 7.66. The van der Waals surface area contributed by atoms with Gasteiger partial charge in [0, 0.05) is 19.3 Å². The maximum Gasteiger partial charge on any atom is 0.170 e. The Balaban J connectivity index is 2.37. The number of thiocarbonyl (C=S) groups is 1. The van der Waals surface area contributed by atoms with Gasteiger partial charge in [-0.05, 0) is 43.4 Å². The first-order valence-electron chi connectivity index (χ1n) is 5.53. The van der Waals surface area contributed by atoms with Crippen molar-refractivity contribution in [2.45, 2.75) is 6.92 Å². The van der Waals surface area contributed by atoms with Crippen molar-refractivity contribution in [1.82, 2.24) is 5.32 Å². The van der Waals surface area contributed by atoms with E-state index in [1.54, 1.807) is 7.11 Å². The van der Waals surface area contributed by atoms with Crippen LogP contribution >= 0.6 is 12.2 Å². The summed E-state index contributed by atoms with van der Waals surface area (Å²) in [5.41, 5.74) is 0.934. The first-order valence-corrected chi connectivity index (χ1v) is 5.93. The monoisotopic (exact) mass is 254 g/mol. The highest BCUT2D eigenvalue weighted by atomic mass is 32.1. The second-order valence-electron chi connectivity index (χ2n) is 3.33. The van der Waals surface area contributed by atoms with Crippen molar-refractivity contribution >= 4 is 23.0 Å². The van der Waals surface area contributed by atoms with Crippen molar-refractivity contribution in [3.05, 3.63) is 24.3 Å². The molecule has 1 aromatic rings. The van der Waals surface area contributed by atoms with Crippen molar-refractivity contribution in [2.75, 3.05) is 32.2 Å². The number of nitrogens with one attached hydrogen (secondary N) is 2. The smallest absolute Gasteiger partial charge is 0.170 e. The zero-order chi connectivity index (χ0) is 12.5. The molecule has 0 amide bonds. The van der Waals surface area contributed by atoms with E-state index in [0.717, 1.165) is 11.4 Å². The van der Waals surface area contributed by atoms with Gasteiger partial charge in [-0.3, -0.25) is 0 Å². The van der Waals surface area contributed by atoms with E-state index in [2.05, 4.69) is 10.6 Å². The summed E-state index contributed by atoms with van der Waals surface area (Å²) in [4.78, 5) is 0. The fourth-order valence-corrected chi connectivity index (χ4v) is 1.46. The number of benzene rings is 1. The van der Waals surface area contributed by atoms with Crippen LogP contribution in [0.2, 0.25) is 0 Å². The third-order valence-corrected chi connectivity index (χ3v) is 2.26. The van der Waals surface area contributed by atoms with Crippen molar-refractivity contribution in [2.24, 2.45) is 0 Å². The minimum Gasteiger partial charge on any atom is -0.494 e. The van der Waals surface area contributed by atoms with Gasteiger partial charge in [0.05, 0.1) is 13.2 Å². The highest BCUT2D eigenvalue weighted by Gasteiger charge is 1.97. The predicted molar refractivity (Wildman–Crippen MR) is 73.7 cm³/mol. The molecular weight excluding hydrogens is 236 g/mol. The van der Waals surface area contributed by atoms with Crippen molar-refractivity contribution in [3.63, 3.8) is 0 Å². The van der Waals surface area contributed by atoms with Crippen LogP contribution in [0.3, 0.4) is 0 Å². The summed E-state index contributed by atoms with van der Waals surface area (Å²) in [7, 11) is 1.66. The van der Waals surface area contributed by atoms with Crippen LogP contribution in [-0.2, 0) is 4.74 Å². The molecule has 0 saturated heterocycles. The van der Waals surface area contributed by atoms with Gasteiger partial charge in [-0.1, -0.05) is 0 Å². The average Bonchev–Trinajstić information content (AvgIpc) is 2.32. The molecule has 0 atom stereocenters. The van der Waals surface area contributed by atoms with Gasteiger partial charge in [-0.2, -0.15) is 0 Å². The molecule has 0 radical (unpaired) electrons. The van der Waals surface area contributed by atoms with Crippen LogP contribution in [0.1, 0.15) is 6.92 Å². The molecule has 0 saturated carbocycles. The van der Waals surface area contributed by atoms with Gasteiger partial charge >= 0.3 is 0 Å². The SMILES string of the molecule is CCOc1ccc(NC(=S)NCCOC)cc1. The Hall–Kier alpha value is -1.33. The minimum atomic E-state index is 0.589. The van der Waals surface area contributed by atoms with Crippen LogP contribution in [0.4, 0.5) is 5.69 Å². The summed E-state index contributed by atoms with van der Waals surface area (Å²) in [5, 5.41) is 6.70. The summed E-state index contributed by atoms with van der Waals surface area (Å²) in [6.45, 7) is 3.95. The molecule has 0 aliphatic heterocycles. The summed E-state index contributed by atoms with van der Waals surface area (Å²) in [6.07, 6.45) is 0. The Kier molecular flexibility index (Phi) is 6.35. The van der Waals surface area contributed by atoms with Crippen LogP contribution < -0.4 is 15.4 Å². The van der Waals surface area contributed by atoms with E-state index in [1.807, 2.05) is 31.2 Å². The van der Waals surface area contributed by atoms with Crippen LogP contribution in [-0.4, -0.2) is 32.0 Å². The Morgan fingerprint density at radius 1 is 1.29 bits per heavy atom. The van der Waals surface area contributed by atoms with Crippen LogP contribution in [0, 0.1) is 0 Å². The zero-order valence-electron chi connectivity index (χ0n) is 10.2. The van der Waals surface area contributed by atoms with Crippen LogP contribution in [0.5, 0.6) is 5.75 Å². The zero-order valence-corrected chi connectivity index (χ0v) is 11.0. The van der Waals surface area contributed by atoms with Crippen molar-refractivity contribution < 1.29 is 9.47 Å². The van der Waals surface area contributed by atoms with Gasteiger partial charge in [0.1, 0.15) is 5.75 Å². The topological polar surface area (TPSA) is 42.5 Å². The molecule has 94 valence electrons. The second kappa shape index (κ2) is 7.86. The summed E-state index contributed by atoms with van der Waals surface area (Å²) in [5.74, 6) is 0.858. The quantitative estimate of drug-likeness (QED) is 0.600. The minimum absolute atomic E-state index is 0.589. The van der Waals surface area contributed by atoms with Gasteiger partial charge in [-0.25, -0.2) is 0 Å². The summed E-state index contributed by atoms with van der Waals surface area (Å²) < 4.78 is 10.3. The molecule has 0 aliphatic carbocycles. The third kappa shape index (κ3) is 5.51. The predicted octanol–water partition coefficient (Wildman–Crippen LogP) is 2.02. The highest BCUT2D eigenvalue weighted by molar-refractivity contribution is 7.80. The number of anilines is 1. The molecule has 0 bridgehead atoms. The van der Waals surface area contributed by atoms with Gasteiger partial charge in [0.25, 0.3) is 0 Å². The average molecular weight is 254 g/mol. The molecule has 2 N–H and O–H groups in total. The molecular formula is C12H18N2O2S. The molecule has 0 heterocycles. The fraction of sp³-hybridized carbons (Fsp3) is 0.417. The molecule has 0 fully saturated rings. The van der Waals surface area contributed by atoms with E-state index in [1.165, 1.54) is 0 Å². The van der Waals surface area contributed by atoms with Crippen LogP contribution in [0.25, 0.3) is 0 Å². The second-order valence-corrected chi connectivity index (χ2v) is 3.74. The summed E-state index contributed by atoms with van der Waals surface area (Å²) >= 11 is 5.12. The van der Waals surface area contributed by atoms with Crippen molar-refractivity contribution in [3.8, 4) is 5.75 Å². The highest BCUT2D eigenvalue weighted by Crippen LogP contribution is 2.15. The number of hydrogen-bond acceptors (Lipinski definition) is 3. The van der Waals surface area contributed by atoms with Gasteiger partial charge in [0.15, 0.2) is 5.11 Å². The number of methoxy groups -OCH3 is 1. The Morgan fingerprint density at radius 2 is 2.00 bits per heavy atom. The first-order chi connectivity index (χ1) is 8.26. The van der Waals surface area contributed by atoms with E-state index >= 15 is 0 Å². The number of hydrogen-bond donors (Lipinski definition) is 2. The lowest BCUT2D eigenvalue weighted by molar-refractivity contribution is 0.204.